The van der Waals surface area contributed by atoms with Crippen LogP contribution in [0.5, 0.6) is 11.5 Å². The molecule has 1 aromatic carbocycles. The first-order chi connectivity index (χ1) is 8.49. The first-order valence-corrected chi connectivity index (χ1v) is 7.03. The van der Waals surface area contributed by atoms with E-state index in [0.717, 1.165) is 17.7 Å². The third-order valence-corrected chi connectivity index (χ3v) is 4.77. The normalized spacial score (nSPS) is 25.7. The van der Waals surface area contributed by atoms with Crippen molar-refractivity contribution >= 4 is 23.2 Å². The van der Waals surface area contributed by atoms with Crippen molar-refractivity contribution in [3.05, 3.63) is 22.7 Å². The van der Waals surface area contributed by atoms with E-state index < -0.39 is 0 Å². The molecule has 1 aliphatic carbocycles. The minimum atomic E-state index is -0.0525. The van der Waals surface area contributed by atoms with Crippen molar-refractivity contribution in [2.24, 2.45) is 11.3 Å². The molecule has 1 saturated carbocycles. The van der Waals surface area contributed by atoms with Crippen molar-refractivity contribution in [2.45, 2.75) is 25.6 Å². The Morgan fingerprint density at radius 2 is 1.78 bits per heavy atom. The van der Waals surface area contributed by atoms with Crippen molar-refractivity contribution in [1.29, 1.82) is 0 Å². The van der Waals surface area contributed by atoms with Crippen LogP contribution in [0.4, 0.5) is 0 Å². The lowest BCUT2D eigenvalue weighted by Crippen LogP contribution is -2.15. The predicted octanol–water partition coefficient (Wildman–Crippen LogP) is 4.44. The summed E-state index contributed by atoms with van der Waals surface area (Å²) >= 11 is 12.9. The number of hydrogen-bond donors (Lipinski definition) is 0. The Morgan fingerprint density at radius 1 is 1.22 bits per heavy atom. The van der Waals surface area contributed by atoms with E-state index in [1.807, 2.05) is 12.1 Å². The van der Waals surface area contributed by atoms with E-state index in [9.17, 15) is 0 Å². The number of ether oxygens (including phenoxy) is 2. The van der Waals surface area contributed by atoms with E-state index >= 15 is 0 Å². The maximum Gasteiger partial charge on any atom is 0.162 e. The van der Waals surface area contributed by atoms with Crippen LogP contribution in [0.2, 0.25) is 5.02 Å². The second kappa shape index (κ2) is 4.21. The van der Waals surface area contributed by atoms with Crippen molar-refractivity contribution < 1.29 is 9.47 Å². The van der Waals surface area contributed by atoms with Gasteiger partial charge in [-0.1, -0.05) is 25.4 Å². The van der Waals surface area contributed by atoms with Gasteiger partial charge < -0.3 is 9.47 Å². The Labute approximate surface area is 117 Å². The predicted molar refractivity (Wildman–Crippen MR) is 72.9 cm³/mol. The second-order valence-electron chi connectivity index (χ2n) is 5.72. The van der Waals surface area contributed by atoms with Gasteiger partial charge in [0, 0.05) is 11.1 Å². The van der Waals surface area contributed by atoms with Crippen molar-refractivity contribution in [3.8, 4) is 11.5 Å². The molecule has 1 fully saturated rings. The highest BCUT2D eigenvalue weighted by Gasteiger charge is 2.50. The maximum atomic E-state index is 6.56. The summed E-state index contributed by atoms with van der Waals surface area (Å²) in [5, 5.41) is 0.616. The summed E-state index contributed by atoms with van der Waals surface area (Å²) in [5.74, 6) is 1.96. The zero-order valence-electron chi connectivity index (χ0n) is 10.5. The Morgan fingerprint density at radius 3 is 2.33 bits per heavy atom. The van der Waals surface area contributed by atoms with Gasteiger partial charge in [0.25, 0.3) is 0 Å². The molecule has 0 saturated heterocycles. The van der Waals surface area contributed by atoms with E-state index in [2.05, 4.69) is 13.8 Å². The van der Waals surface area contributed by atoms with Crippen LogP contribution >= 0.6 is 23.2 Å². The quantitative estimate of drug-likeness (QED) is 0.749. The van der Waals surface area contributed by atoms with E-state index in [4.69, 9.17) is 32.7 Å². The zero-order chi connectivity index (χ0) is 12.9. The number of hydrogen-bond acceptors (Lipinski definition) is 2. The standard InChI is InChI=1S/C14H16Cl2O2/c1-14(2)7-9(14)13(16)8-5-11-12(6-10(8)15)18-4-3-17-11/h5-6,9,13H,3-4,7H2,1-2H3. The highest BCUT2D eigenvalue weighted by Crippen LogP contribution is 2.61. The van der Waals surface area contributed by atoms with Crippen molar-refractivity contribution in [1.82, 2.24) is 0 Å². The van der Waals surface area contributed by atoms with E-state index in [1.54, 1.807) is 0 Å². The largest absolute Gasteiger partial charge is 0.486 e. The molecule has 3 rings (SSSR count). The lowest BCUT2D eigenvalue weighted by atomic mass is 10.0. The molecule has 98 valence electrons. The molecule has 2 aliphatic rings. The smallest absolute Gasteiger partial charge is 0.162 e. The van der Waals surface area contributed by atoms with Gasteiger partial charge in [-0.25, -0.2) is 0 Å². The Hall–Kier alpha value is -0.600. The number of fused-ring (bicyclic) bond motifs is 1. The van der Waals surface area contributed by atoms with Crippen LogP contribution in [0, 0.1) is 11.3 Å². The Kier molecular flexibility index (Phi) is 2.91. The number of rotatable bonds is 2. The maximum absolute atomic E-state index is 6.56. The molecule has 0 N–H and O–H groups in total. The molecule has 2 atom stereocenters. The van der Waals surface area contributed by atoms with Crippen LogP contribution in [0.25, 0.3) is 0 Å². The van der Waals surface area contributed by atoms with Gasteiger partial charge in [-0.2, -0.15) is 0 Å². The molecule has 0 bridgehead atoms. The topological polar surface area (TPSA) is 18.5 Å². The molecule has 2 nitrogen and oxygen atoms in total. The van der Waals surface area contributed by atoms with Crippen molar-refractivity contribution in [2.75, 3.05) is 13.2 Å². The lowest BCUT2D eigenvalue weighted by Gasteiger charge is -2.21. The molecule has 18 heavy (non-hydrogen) atoms. The first kappa shape index (κ1) is 12.4. The molecule has 1 heterocycles. The Balaban J connectivity index is 1.92. The molecule has 0 amide bonds. The number of halogens is 2. The van der Waals surface area contributed by atoms with Crippen LogP contribution < -0.4 is 9.47 Å². The van der Waals surface area contributed by atoms with Gasteiger partial charge in [0.1, 0.15) is 13.2 Å². The summed E-state index contributed by atoms with van der Waals surface area (Å²) in [6.45, 7) is 5.62. The summed E-state index contributed by atoms with van der Waals surface area (Å²) in [5.41, 5.74) is 1.28. The molecule has 2 unspecified atom stereocenters. The van der Waals surface area contributed by atoms with Crippen LogP contribution in [0.15, 0.2) is 12.1 Å². The molecule has 0 spiro atoms. The monoisotopic (exact) mass is 286 g/mol. The van der Waals surface area contributed by atoms with Crippen LogP contribution in [0.1, 0.15) is 31.2 Å². The van der Waals surface area contributed by atoms with E-state index in [1.165, 1.54) is 0 Å². The second-order valence-corrected chi connectivity index (χ2v) is 6.60. The van der Waals surface area contributed by atoms with Gasteiger partial charge in [-0.05, 0) is 29.4 Å². The summed E-state index contributed by atoms with van der Waals surface area (Å²) in [6.07, 6.45) is 1.14. The molecule has 4 heteroatoms. The third kappa shape index (κ3) is 2.06. The van der Waals surface area contributed by atoms with Gasteiger partial charge in [-0.15, -0.1) is 11.6 Å². The van der Waals surface area contributed by atoms with Gasteiger partial charge in [0.15, 0.2) is 11.5 Å². The summed E-state index contributed by atoms with van der Waals surface area (Å²) in [6, 6.07) is 3.75. The zero-order valence-corrected chi connectivity index (χ0v) is 12.0. The Bertz CT molecular complexity index is 485. The van der Waals surface area contributed by atoms with E-state index in [-0.39, 0.29) is 5.38 Å². The average Bonchev–Trinajstić information content (AvgIpc) is 2.97. The highest BCUT2D eigenvalue weighted by atomic mass is 35.5. The van der Waals surface area contributed by atoms with Crippen LogP contribution in [-0.2, 0) is 0 Å². The van der Waals surface area contributed by atoms with Gasteiger partial charge in [-0.3, -0.25) is 0 Å². The average molecular weight is 287 g/mol. The summed E-state index contributed by atoms with van der Waals surface area (Å²) in [4.78, 5) is 0. The summed E-state index contributed by atoms with van der Waals surface area (Å²) in [7, 11) is 0. The van der Waals surface area contributed by atoms with Crippen molar-refractivity contribution in [3.63, 3.8) is 0 Å². The lowest BCUT2D eigenvalue weighted by molar-refractivity contribution is 0.171. The van der Waals surface area contributed by atoms with Crippen LogP contribution in [-0.4, -0.2) is 13.2 Å². The first-order valence-electron chi connectivity index (χ1n) is 6.22. The minimum Gasteiger partial charge on any atom is -0.486 e. The molecular weight excluding hydrogens is 271 g/mol. The molecule has 0 aromatic heterocycles. The number of alkyl halides is 1. The fourth-order valence-corrected chi connectivity index (χ4v) is 3.45. The van der Waals surface area contributed by atoms with Crippen LogP contribution in [0.3, 0.4) is 0 Å². The minimum absolute atomic E-state index is 0.0525. The van der Waals surface area contributed by atoms with Gasteiger partial charge >= 0.3 is 0 Å². The highest BCUT2D eigenvalue weighted by molar-refractivity contribution is 6.33. The fourth-order valence-electron chi connectivity index (χ4n) is 2.52. The molecule has 1 aliphatic heterocycles. The van der Waals surface area contributed by atoms with Gasteiger partial charge in [0.05, 0.1) is 5.38 Å². The molecule has 0 radical (unpaired) electrons. The fraction of sp³-hybridized carbons (Fsp3) is 0.571. The third-order valence-electron chi connectivity index (χ3n) is 3.90. The SMILES string of the molecule is CC1(C)CC1C(Cl)c1cc2c(cc1Cl)OCCO2. The van der Waals surface area contributed by atoms with Gasteiger partial charge in [0.2, 0.25) is 0 Å². The van der Waals surface area contributed by atoms with E-state index in [0.29, 0.717) is 35.3 Å². The molecule has 1 aromatic rings. The molecular formula is C14H16Cl2O2. The number of benzene rings is 1. The summed E-state index contributed by atoms with van der Waals surface area (Å²) < 4.78 is 11.1.